The highest BCUT2D eigenvalue weighted by molar-refractivity contribution is 5.97. The molecule has 1 saturated carbocycles. The molecule has 4 amide bonds. The van der Waals surface area contributed by atoms with Crippen molar-refractivity contribution in [3.05, 3.63) is 35.9 Å². The van der Waals surface area contributed by atoms with E-state index in [0.717, 1.165) is 37.7 Å². The van der Waals surface area contributed by atoms with E-state index in [1.807, 2.05) is 37.3 Å². The standard InChI is InChI=1S/C23H31N3O5/c1-15(17-9-5-3-6-10-17)26-14-18(13-20(26)27)22(29)31-16(2)21(28)25-23(30)24-19-11-7-4-8-12-19/h3,5-6,9-10,15-16,18-19H,4,7-8,11-14H2,1-2H3,(H2,24,25,28,30)/t15-,16-,18-/m0/s1. The molecule has 0 aromatic heterocycles. The normalized spacial score (nSPS) is 21.3. The minimum absolute atomic E-state index is 0.0481. The molecular weight excluding hydrogens is 398 g/mol. The van der Waals surface area contributed by atoms with E-state index in [9.17, 15) is 19.2 Å². The van der Waals surface area contributed by atoms with Gasteiger partial charge in [-0.15, -0.1) is 0 Å². The van der Waals surface area contributed by atoms with E-state index < -0.39 is 29.9 Å². The minimum Gasteiger partial charge on any atom is -0.452 e. The zero-order valence-electron chi connectivity index (χ0n) is 18.1. The summed E-state index contributed by atoms with van der Waals surface area (Å²) in [6.07, 6.45) is 4.02. The smallest absolute Gasteiger partial charge is 0.321 e. The summed E-state index contributed by atoms with van der Waals surface area (Å²) in [7, 11) is 0. The number of rotatable bonds is 6. The maximum Gasteiger partial charge on any atom is 0.321 e. The molecule has 1 heterocycles. The first-order valence-electron chi connectivity index (χ1n) is 11.0. The van der Waals surface area contributed by atoms with Crippen LogP contribution in [0.25, 0.3) is 0 Å². The topological polar surface area (TPSA) is 105 Å². The van der Waals surface area contributed by atoms with Crippen LogP contribution in [0.4, 0.5) is 4.79 Å². The number of carbonyl (C=O) groups excluding carboxylic acids is 4. The summed E-state index contributed by atoms with van der Waals surface area (Å²) >= 11 is 0. The van der Waals surface area contributed by atoms with Crippen molar-refractivity contribution in [2.45, 2.75) is 70.6 Å². The Hall–Kier alpha value is -2.90. The molecule has 31 heavy (non-hydrogen) atoms. The third kappa shape index (κ3) is 6.06. The zero-order valence-corrected chi connectivity index (χ0v) is 18.1. The van der Waals surface area contributed by atoms with Crippen molar-refractivity contribution >= 4 is 23.8 Å². The predicted octanol–water partition coefficient (Wildman–Crippen LogP) is 2.69. The maximum absolute atomic E-state index is 12.5. The Balaban J connectivity index is 1.47. The average Bonchev–Trinajstić information content (AvgIpc) is 3.16. The molecule has 1 aromatic rings. The van der Waals surface area contributed by atoms with Crippen LogP contribution >= 0.6 is 0 Å². The second kappa shape index (κ2) is 10.4. The first kappa shape index (κ1) is 22.8. The Bertz CT molecular complexity index is 807. The van der Waals surface area contributed by atoms with Crippen molar-refractivity contribution in [3.8, 4) is 0 Å². The van der Waals surface area contributed by atoms with Crippen LogP contribution in [0.2, 0.25) is 0 Å². The first-order valence-corrected chi connectivity index (χ1v) is 11.0. The molecule has 0 spiro atoms. The number of nitrogens with zero attached hydrogens (tertiary/aromatic N) is 1. The molecule has 0 unspecified atom stereocenters. The van der Waals surface area contributed by atoms with E-state index in [-0.39, 0.29) is 31.0 Å². The van der Waals surface area contributed by atoms with Gasteiger partial charge >= 0.3 is 12.0 Å². The SMILES string of the molecule is C[C@H](OC(=O)[C@H]1CC(=O)N([C@@H](C)c2ccccc2)C1)C(=O)NC(=O)NC1CCCCC1. The third-order valence-corrected chi connectivity index (χ3v) is 6.08. The van der Waals surface area contributed by atoms with Crippen LogP contribution in [-0.2, 0) is 19.1 Å². The van der Waals surface area contributed by atoms with Crippen LogP contribution in [0.15, 0.2) is 30.3 Å². The van der Waals surface area contributed by atoms with E-state index in [4.69, 9.17) is 4.74 Å². The van der Waals surface area contributed by atoms with Gasteiger partial charge in [0.1, 0.15) is 0 Å². The number of benzene rings is 1. The molecule has 1 aromatic carbocycles. The van der Waals surface area contributed by atoms with Gasteiger partial charge in [-0.1, -0.05) is 49.6 Å². The van der Waals surface area contributed by atoms with E-state index in [2.05, 4.69) is 10.6 Å². The van der Waals surface area contributed by atoms with E-state index in [1.165, 1.54) is 6.92 Å². The van der Waals surface area contributed by atoms with Gasteiger partial charge in [0, 0.05) is 19.0 Å². The molecule has 0 radical (unpaired) electrons. The Kier molecular flexibility index (Phi) is 7.65. The monoisotopic (exact) mass is 429 g/mol. The van der Waals surface area contributed by atoms with Crippen LogP contribution in [0.5, 0.6) is 0 Å². The largest absolute Gasteiger partial charge is 0.452 e. The average molecular weight is 430 g/mol. The molecule has 2 aliphatic rings. The van der Waals surface area contributed by atoms with Gasteiger partial charge in [-0.3, -0.25) is 19.7 Å². The predicted molar refractivity (Wildman–Crippen MR) is 114 cm³/mol. The van der Waals surface area contributed by atoms with Crippen LogP contribution in [0, 0.1) is 5.92 Å². The number of imide groups is 1. The second-order valence-corrected chi connectivity index (χ2v) is 8.41. The summed E-state index contributed by atoms with van der Waals surface area (Å²) in [6.45, 7) is 3.58. The Morgan fingerprint density at radius 3 is 2.42 bits per heavy atom. The molecular formula is C23H31N3O5. The quantitative estimate of drug-likeness (QED) is 0.677. The highest BCUT2D eigenvalue weighted by Gasteiger charge is 2.39. The highest BCUT2D eigenvalue weighted by Crippen LogP contribution is 2.29. The Labute approximate surface area is 182 Å². The molecule has 3 rings (SSSR count). The number of ether oxygens (including phenoxy) is 1. The van der Waals surface area contributed by atoms with Crippen molar-refractivity contribution in [1.82, 2.24) is 15.5 Å². The summed E-state index contributed by atoms with van der Waals surface area (Å²) in [5.41, 5.74) is 0.988. The molecule has 1 saturated heterocycles. The lowest BCUT2D eigenvalue weighted by molar-refractivity contribution is -0.158. The Morgan fingerprint density at radius 2 is 1.74 bits per heavy atom. The fraction of sp³-hybridized carbons (Fsp3) is 0.565. The number of hydrogen-bond donors (Lipinski definition) is 2. The number of esters is 1. The molecule has 8 nitrogen and oxygen atoms in total. The number of urea groups is 1. The summed E-state index contributed by atoms with van der Waals surface area (Å²) in [5, 5.41) is 5.03. The lowest BCUT2D eigenvalue weighted by Gasteiger charge is -2.25. The summed E-state index contributed by atoms with van der Waals surface area (Å²) in [6, 6.07) is 8.94. The third-order valence-electron chi connectivity index (χ3n) is 6.08. The van der Waals surface area contributed by atoms with Crippen LogP contribution in [0.3, 0.4) is 0 Å². The van der Waals surface area contributed by atoms with Crippen LogP contribution in [0.1, 0.15) is 64.0 Å². The number of amides is 4. The molecule has 2 fully saturated rings. The molecule has 3 atom stereocenters. The van der Waals surface area contributed by atoms with Gasteiger partial charge in [0.25, 0.3) is 5.91 Å². The second-order valence-electron chi connectivity index (χ2n) is 8.41. The van der Waals surface area contributed by atoms with E-state index in [0.29, 0.717) is 0 Å². The lowest BCUT2D eigenvalue weighted by atomic mass is 9.96. The van der Waals surface area contributed by atoms with E-state index >= 15 is 0 Å². The minimum atomic E-state index is -1.12. The van der Waals surface area contributed by atoms with Crippen molar-refractivity contribution < 1.29 is 23.9 Å². The van der Waals surface area contributed by atoms with Crippen molar-refractivity contribution in [3.63, 3.8) is 0 Å². The number of carbonyl (C=O) groups is 4. The van der Waals surface area contributed by atoms with Crippen molar-refractivity contribution in [2.75, 3.05) is 6.54 Å². The molecule has 1 aliphatic carbocycles. The van der Waals surface area contributed by atoms with Gasteiger partial charge in [0.2, 0.25) is 5.91 Å². The number of hydrogen-bond acceptors (Lipinski definition) is 5. The molecule has 168 valence electrons. The zero-order chi connectivity index (χ0) is 22.4. The molecule has 2 N–H and O–H groups in total. The fourth-order valence-electron chi connectivity index (χ4n) is 4.18. The van der Waals surface area contributed by atoms with Crippen molar-refractivity contribution in [1.29, 1.82) is 0 Å². The lowest BCUT2D eigenvalue weighted by Crippen LogP contribution is -2.48. The number of likely N-dealkylation sites (tertiary alicyclic amines) is 1. The van der Waals surface area contributed by atoms with Gasteiger partial charge in [-0.05, 0) is 32.3 Å². The van der Waals surface area contributed by atoms with Gasteiger partial charge < -0.3 is 15.0 Å². The van der Waals surface area contributed by atoms with Gasteiger partial charge in [0.15, 0.2) is 6.10 Å². The first-order chi connectivity index (χ1) is 14.8. The van der Waals surface area contributed by atoms with Crippen LogP contribution < -0.4 is 10.6 Å². The summed E-state index contributed by atoms with van der Waals surface area (Å²) in [4.78, 5) is 50.9. The summed E-state index contributed by atoms with van der Waals surface area (Å²) in [5.74, 6) is -2.04. The van der Waals surface area contributed by atoms with Gasteiger partial charge in [-0.2, -0.15) is 0 Å². The number of nitrogens with one attached hydrogen (secondary N) is 2. The fourth-order valence-corrected chi connectivity index (χ4v) is 4.18. The van der Waals surface area contributed by atoms with E-state index in [1.54, 1.807) is 4.90 Å². The summed E-state index contributed by atoms with van der Waals surface area (Å²) < 4.78 is 5.26. The van der Waals surface area contributed by atoms with Crippen molar-refractivity contribution in [2.24, 2.45) is 5.92 Å². The van der Waals surface area contributed by atoms with Crippen LogP contribution in [-0.4, -0.2) is 47.4 Å². The molecule has 8 heteroatoms. The van der Waals surface area contributed by atoms with Gasteiger partial charge in [-0.25, -0.2) is 4.79 Å². The Morgan fingerprint density at radius 1 is 1.06 bits per heavy atom. The van der Waals surface area contributed by atoms with Gasteiger partial charge in [0.05, 0.1) is 12.0 Å². The highest BCUT2D eigenvalue weighted by atomic mass is 16.5. The molecule has 0 bridgehead atoms. The maximum atomic E-state index is 12.5. The molecule has 1 aliphatic heterocycles.